The molecule has 3 aromatic carbocycles. The highest BCUT2D eigenvalue weighted by molar-refractivity contribution is 5.88. The molecule has 1 saturated carbocycles. The number of rotatable bonds is 7. The third kappa shape index (κ3) is 4.53. The van der Waals surface area contributed by atoms with Crippen molar-refractivity contribution in [3.63, 3.8) is 0 Å². The molecule has 0 unspecified atom stereocenters. The maximum absolute atomic E-state index is 12.4. The lowest BCUT2D eigenvalue weighted by Crippen LogP contribution is -2.19. The highest BCUT2D eigenvalue weighted by atomic mass is 16.6. The minimum absolute atomic E-state index is 0.204. The van der Waals surface area contributed by atoms with Crippen LogP contribution in [0.3, 0.4) is 0 Å². The normalized spacial score (nSPS) is 14.7. The molecule has 1 aliphatic carbocycles. The van der Waals surface area contributed by atoms with E-state index in [1.54, 1.807) is 6.92 Å². The summed E-state index contributed by atoms with van der Waals surface area (Å²) in [4.78, 5) is 28.2. The number of aliphatic carboxylic acids is 1. The topological polar surface area (TPSA) is 102 Å². The van der Waals surface area contributed by atoms with Crippen LogP contribution in [0.25, 0.3) is 22.4 Å². The number of hydrogen-bond acceptors (Lipinski definition) is 5. The number of nitrogens with one attached hydrogen (secondary N) is 1. The summed E-state index contributed by atoms with van der Waals surface area (Å²) < 4.78 is 10.8. The Morgan fingerprint density at radius 1 is 0.943 bits per heavy atom. The van der Waals surface area contributed by atoms with Crippen LogP contribution in [0, 0.1) is 0 Å². The largest absolute Gasteiger partial charge is 0.481 e. The third-order valence-corrected chi connectivity index (χ3v) is 6.42. The zero-order chi connectivity index (χ0) is 24.4. The molecule has 5 rings (SSSR count). The van der Waals surface area contributed by atoms with E-state index in [9.17, 15) is 14.7 Å². The van der Waals surface area contributed by atoms with Crippen molar-refractivity contribution in [2.24, 2.45) is 0 Å². The predicted octanol–water partition coefficient (Wildman–Crippen LogP) is 6.43. The average molecular weight is 469 g/mol. The van der Waals surface area contributed by atoms with Gasteiger partial charge in [0.15, 0.2) is 6.39 Å². The second-order valence-corrected chi connectivity index (χ2v) is 8.66. The molecular formula is C28H24N2O5. The lowest BCUT2D eigenvalue weighted by molar-refractivity contribution is -0.140. The molecule has 7 heteroatoms. The van der Waals surface area contributed by atoms with Gasteiger partial charge in [-0.3, -0.25) is 10.1 Å². The Kier molecular flexibility index (Phi) is 5.82. The molecule has 35 heavy (non-hydrogen) atoms. The summed E-state index contributed by atoms with van der Waals surface area (Å²) in [5.74, 6) is -0.555. The fourth-order valence-electron chi connectivity index (χ4n) is 4.17. The van der Waals surface area contributed by atoms with Gasteiger partial charge in [0.1, 0.15) is 11.8 Å². The number of oxazole rings is 1. The van der Waals surface area contributed by atoms with Crippen molar-refractivity contribution in [3.8, 4) is 22.4 Å². The molecule has 0 radical (unpaired) electrons. The number of carbonyl (C=O) groups is 2. The van der Waals surface area contributed by atoms with Crippen LogP contribution in [0.2, 0.25) is 0 Å². The monoisotopic (exact) mass is 468 g/mol. The first-order valence-corrected chi connectivity index (χ1v) is 11.4. The number of nitrogens with zero attached hydrogens (tertiary/aromatic N) is 1. The summed E-state index contributed by atoms with van der Waals surface area (Å²) in [5, 5.41) is 12.1. The van der Waals surface area contributed by atoms with Crippen molar-refractivity contribution in [3.05, 3.63) is 96.4 Å². The number of anilines is 1. The van der Waals surface area contributed by atoms with Crippen LogP contribution >= 0.6 is 0 Å². The number of benzene rings is 3. The van der Waals surface area contributed by atoms with Crippen molar-refractivity contribution in [2.45, 2.75) is 31.3 Å². The molecule has 7 nitrogen and oxygen atoms in total. The Morgan fingerprint density at radius 3 is 2.14 bits per heavy atom. The molecule has 4 aromatic rings. The maximum atomic E-state index is 12.4. The lowest BCUT2D eigenvalue weighted by atomic mass is 9.93. The minimum Gasteiger partial charge on any atom is -0.481 e. The molecule has 1 fully saturated rings. The number of amides is 1. The summed E-state index contributed by atoms with van der Waals surface area (Å²) in [6.45, 7) is 1.80. The Hall–Kier alpha value is -4.39. The third-order valence-electron chi connectivity index (χ3n) is 6.42. The second kappa shape index (κ2) is 9.10. The van der Waals surface area contributed by atoms with Crippen LogP contribution in [0.5, 0.6) is 0 Å². The van der Waals surface area contributed by atoms with Gasteiger partial charge in [-0.15, -0.1) is 0 Å². The first-order chi connectivity index (χ1) is 17.0. The van der Waals surface area contributed by atoms with Gasteiger partial charge in [0.2, 0.25) is 5.88 Å². The molecule has 0 spiro atoms. The molecular weight excluding hydrogens is 444 g/mol. The number of aromatic nitrogens is 1. The molecule has 1 amide bonds. The van der Waals surface area contributed by atoms with Gasteiger partial charge < -0.3 is 14.3 Å². The van der Waals surface area contributed by atoms with E-state index in [2.05, 4.69) is 10.3 Å². The molecule has 0 saturated heterocycles. The zero-order valence-electron chi connectivity index (χ0n) is 19.1. The average Bonchev–Trinajstić information content (AvgIpc) is 3.58. The summed E-state index contributed by atoms with van der Waals surface area (Å²) in [5.41, 5.74) is 4.25. The van der Waals surface area contributed by atoms with E-state index in [1.165, 1.54) is 6.39 Å². The number of carboxylic acid groups (broad SMARTS) is 1. The number of carbonyl (C=O) groups excluding carboxylic acids is 1. The van der Waals surface area contributed by atoms with Gasteiger partial charge in [0.05, 0.1) is 5.41 Å². The van der Waals surface area contributed by atoms with Gasteiger partial charge in [-0.05, 0) is 42.0 Å². The molecule has 0 bridgehead atoms. The Morgan fingerprint density at radius 2 is 1.54 bits per heavy atom. The smallest absolute Gasteiger partial charge is 0.414 e. The molecule has 1 aromatic heterocycles. The number of hydrogen-bond donors (Lipinski definition) is 2. The van der Waals surface area contributed by atoms with Crippen LogP contribution in [0.4, 0.5) is 10.7 Å². The maximum Gasteiger partial charge on any atom is 0.414 e. The van der Waals surface area contributed by atoms with Gasteiger partial charge in [-0.1, -0.05) is 78.9 Å². The SMILES string of the molecule is C[C@@H](OC(=O)Nc1ocnc1-c1ccc(-c2ccc(C3(C(=O)O)CC3)cc2)cc1)c1ccccc1. The standard InChI is InChI=1S/C28H24N2O5/c1-18(19-5-3-2-4-6-19)35-27(33)30-25-24(29-17-34-25)22-9-7-20(8-10-22)21-11-13-23(14-12-21)28(15-16-28)26(31)32/h2-14,17-18H,15-16H2,1H3,(H,30,33)(H,31,32)/t18-/m1/s1. The fraction of sp³-hybridized carbons (Fsp3) is 0.179. The Bertz CT molecular complexity index is 1340. The quantitative estimate of drug-likeness (QED) is 0.324. The fourth-order valence-corrected chi connectivity index (χ4v) is 4.17. The van der Waals surface area contributed by atoms with Crippen LogP contribution in [-0.4, -0.2) is 22.2 Å². The van der Waals surface area contributed by atoms with Crippen molar-refractivity contribution in [1.29, 1.82) is 0 Å². The number of carboxylic acids is 1. The number of ether oxygens (including phenoxy) is 1. The van der Waals surface area contributed by atoms with Crippen LogP contribution in [0.1, 0.15) is 37.0 Å². The van der Waals surface area contributed by atoms with Crippen molar-refractivity contribution in [1.82, 2.24) is 4.98 Å². The first-order valence-electron chi connectivity index (χ1n) is 11.4. The summed E-state index contributed by atoms with van der Waals surface area (Å²) in [6, 6.07) is 24.8. The van der Waals surface area contributed by atoms with E-state index in [0.29, 0.717) is 18.5 Å². The van der Waals surface area contributed by atoms with E-state index >= 15 is 0 Å². The van der Waals surface area contributed by atoms with Crippen LogP contribution < -0.4 is 5.32 Å². The molecule has 1 atom stereocenters. The lowest BCUT2D eigenvalue weighted by Gasteiger charge is -2.13. The molecule has 1 heterocycles. The van der Waals surface area contributed by atoms with E-state index in [0.717, 1.165) is 27.8 Å². The van der Waals surface area contributed by atoms with Crippen LogP contribution in [-0.2, 0) is 14.9 Å². The van der Waals surface area contributed by atoms with Gasteiger partial charge >= 0.3 is 12.1 Å². The minimum atomic E-state index is -0.759. The van der Waals surface area contributed by atoms with E-state index in [4.69, 9.17) is 9.15 Å². The zero-order valence-corrected chi connectivity index (χ0v) is 19.1. The Balaban J connectivity index is 1.27. The van der Waals surface area contributed by atoms with Gasteiger partial charge in [0, 0.05) is 5.56 Å². The first kappa shape index (κ1) is 22.4. The van der Waals surface area contributed by atoms with Crippen molar-refractivity contribution >= 4 is 17.9 Å². The molecule has 176 valence electrons. The predicted molar refractivity (Wildman–Crippen MR) is 131 cm³/mol. The summed E-state index contributed by atoms with van der Waals surface area (Å²) in [7, 11) is 0. The molecule has 0 aliphatic heterocycles. The van der Waals surface area contributed by atoms with Crippen LogP contribution in [0.15, 0.2) is 89.7 Å². The highest BCUT2D eigenvalue weighted by Gasteiger charge is 2.51. The summed E-state index contributed by atoms with van der Waals surface area (Å²) in [6.07, 6.45) is 1.59. The Labute approximate surface area is 202 Å². The second-order valence-electron chi connectivity index (χ2n) is 8.66. The van der Waals surface area contributed by atoms with E-state index < -0.39 is 23.6 Å². The van der Waals surface area contributed by atoms with E-state index in [1.807, 2.05) is 78.9 Å². The molecule has 1 aliphatic rings. The van der Waals surface area contributed by atoms with E-state index in [-0.39, 0.29) is 5.88 Å². The van der Waals surface area contributed by atoms with Gasteiger partial charge in [-0.2, -0.15) is 0 Å². The van der Waals surface area contributed by atoms with Gasteiger partial charge in [0.25, 0.3) is 0 Å². The van der Waals surface area contributed by atoms with Gasteiger partial charge in [-0.25, -0.2) is 9.78 Å². The highest BCUT2D eigenvalue weighted by Crippen LogP contribution is 2.48. The summed E-state index contributed by atoms with van der Waals surface area (Å²) >= 11 is 0. The molecule has 2 N–H and O–H groups in total. The van der Waals surface area contributed by atoms with Crippen molar-refractivity contribution < 1.29 is 23.8 Å². The van der Waals surface area contributed by atoms with Crippen molar-refractivity contribution in [2.75, 3.05) is 5.32 Å².